The molecule has 0 radical (unpaired) electrons. The number of carbonyl (C=O) groups excluding carboxylic acids is 1. The van der Waals surface area contributed by atoms with Crippen LogP contribution in [0.4, 0.5) is 5.82 Å². The highest BCUT2D eigenvalue weighted by Gasteiger charge is 2.18. The van der Waals surface area contributed by atoms with E-state index in [0.717, 1.165) is 18.9 Å². The van der Waals surface area contributed by atoms with E-state index in [2.05, 4.69) is 15.2 Å². The Hall–Kier alpha value is -2.34. The zero-order valence-electron chi connectivity index (χ0n) is 13.6. The summed E-state index contributed by atoms with van der Waals surface area (Å²) in [5.74, 6) is 1.17. The van der Waals surface area contributed by atoms with Crippen LogP contribution in [-0.2, 0) is 0 Å². The first kappa shape index (κ1) is 16.5. The Bertz CT molecular complexity index is 632. The second-order valence-electron chi connectivity index (χ2n) is 6.03. The molecule has 6 heteroatoms. The lowest BCUT2D eigenvalue weighted by Gasteiger charge is -2.21. The fourth-order valence-corrected chi connectivity index (χ4v) is 2.95. The lowest BCUT2D eigenvalue weighted by Crippen LogP contribution is -2.31. The summed E-state index contributed by atoms with van der Waals surface area (Å²) >= 11 is 0. The summed E-state index contributed by atoms with van der Waals surface area (Å²) in [5.41, 5.74) is 0.471. The largest absolute Gasteiger partial charge is 0.467 e. The van der Waals surface area contributed by atoms with E-state index in [1.165, 1.54) is 31.9 Å². The molecular weight excluding hydrogens is 306 g/mol. The van der Waals surface area contributed by atoms with Crippen LogP contribution < -0.4 is 10.2 Å². The third-order valence-electron chi connectivity index (χ3n) is 4.31. The molecule has 6 nitrogen and oxygen atoms in total. The zero-order valence-corrected chi connectivity index (χ0v) is 13.6. The molecule has 0 saturated carbocycles. The average molecular weight is 329 g/mol. The van der Waals surface area contributed by atoms with Gasteiger partial charge in [0, 0.05) is 19.3 Å². The lowest BCUT2D eigenvalue weighted by atomic mass is 10.2. The Morgan fingerprint density at radius 1 is 1.25 bits per heavy atom. The number of aliphatic hydroxyl groups excluding tert-OH is 1. The van der Waals surface area contributed by atoms with Gasteiger partial charge < -0.3 is 19.7 Å². The molecule has 1 aliphatic heterocycles. The van der Waals surface area contributed by atoms with E-state index in [1.54, 1.807) is 24.4 Å². The predicted molar refractivity (Wildman–Crippen MR) is 90.9 cm³/mol. The highest BCUT2D eigenvalue weighted by Crippen LogP contribution is 2.18. The molecule has 1 fully saturated rings. The highest BCUT2D eigenvalue weighted by atomic mass is 16.3. The molecule has 1 unspecified atom stereocenters. The third kappa shape index (κ3) is 3.94. The van der Waals surface area contributed by atoms with Gasteiger partial charge in [0.1, 0.15) is 17.6 Å². The van der Waals surface area contributed by atoms with Gasteiger partial charge in [-0.2, -0.15) is 0 Å². The van der Waals surface area contributed by atoms with Gasteiger partial charge >= 0.3 is 0 Å². The summed E-state index contributed by atoms with van der Waals surface area (Å²) in [6, 6.07) is 6.56. The van der Waals surface area contributed by atoms with Crippen LogP contribution in [0.3, 0.4) is 0 Å². The molecule has 3 heterocycles. The number of amides is 1. The molecule has 2 aromatic heterocycles. The van der Waals surface area contributed by atoms with Gasteiger partial charge in [-0.05, 0) is 37.1 Å². The van der Waals surface area contributed by atoms with Crippen LogP contribution in [0.15, 0.2) is 41.1 Å². The smallest absolute Gasteiger partial charge is 0.253 e. The summed E-state index contributed by atoms with van der Waals surface area (Å²) in [4.78, 5) is 19.0. The van der Waals surface area contributed by atoms with Crippen molar-refractivity contribution in [3.8, 4) is 0 Å². The van der Waals surface area contributed by atoms with E-state index < -0.39 is 6.04 Å². The standard InChI is InChI=1S/C18H23N3O3/c22-13-15(16-6-5-11-24-16)20-18(23)14-7-8-17(19-12-14)21-9-3-1-2-4-10-21/h5-8,11-12,15,22H,1-4,9-10,13H2,(H,20,23). The molecule has 0 aliphatic carbocycles. The van der Waals surface area contributed by atoms with Crippen LogP contribution in [0.1, 0.15) is 47.8 Å². The van der Waals surface area contributed by atoms with E-state index in [9.17, 15) is 9.90 Å². The summed E-state index contributed by atoms with van der Waals surface area (Å²) in [6.45, 7) is 1.81. The van der Waals surface area contributed by atoms with Crippen LogP contribution in [0, 0.1) is 0 Å². The van der Waals surface area contributed by atoms with Gasteiger partial charge in [-0.25, -0.2) is 4.98 Å². The van der Waals surface area contributed by atoms with Gasteiger partial charge in [0.25, 0.3) is 5.91 Å². The van der Waals surface area contributed by atoms with E-state index in [1.807, 2.05) is 6.07 Å². The first-order chi connectivity index (χ1) is 11.8. The van der Waals surface area contributed by atoms with E-state index in [-0.39, 0.29) is 12.5 Å². The Morgan fingerprint density at radius 2 is 2.04 bits per heavy atom. The van der Waals surface area contributed by atoms with E-state index >= 15 is 0 Å². The number of rotatable bonds is 5. The molecule has 0 spiro atoms. The second-order valence-corrected chi connectivity index (χ2v) is 6.03. The second kappa shape index (κ2) is 7.97. The van der Waals surface area contributed by atoms with Crippen molar-refractivity contribution in [2.75, 3.05) is 24.6 Å². The topological polar surface area (TPSA) is 78.6 Å². The van der Waals surface area contributed by atoms with Crippen LogP contribution in [-0.4, -0.2) is 35.7 Å². The molecule has 1 saturated heterocycles. The fraction of sp³-hybridized carbons (Fsp3) is 0.444. The number of furan rings is 1. The number of aliphatic hydroxyl groups is 1. The first-order valence-corrected chi connectivity index (χ1v) is 8.44. The number of hydrogen-bond acceptors (Lipinski definition) is 5. The summed E-state index contributed by atoms with van der Waals surface area (Å²) in [5, 5.41) is 12.2. The lowest BCUT2D eigenvalue weighted by molar-refractivity contribution is 0.0907. The molecule has 3 rings (SSSR count). The SMILES string of the molecule is O=C(NC(CO)c1ccco1)c1ccc(N2CCCCCC2)nc1. The molecule has 24 heavy (non-hydrogen) atoms. The molecule has 2 aromatic rings. The molecule has 1 atom stereocenters. The molecule has 2 N–H and O–H groups in total. The summed E-state index contributed by atoms with van der Waals surface area (Å²) in [7, 11) is 0. The van der Waals surface area contributed by atoms with Gasteiger partial charge in [-0.3, -0.25) is 4.79 Å². The third-order valence-corrected chi connectivity index (χ3v) is 4.31. The summed E-state index contributed by atoms with van der Waals surface area (Å²) < 4.78 is 5.24. The van der Waals surface area contributed by atoms with Gasteiger partial charge in [-0.1, -0.05) is 12.8 Å². The molecule has 0 bridgehead atoms. The molecular formula is C18H23N3O3. The Morgan fingerprint density at radius 3 is 2.62 bits per heavy atom. The van der Waals surface area contributed by atoms with Gasteiger partial charge in [0.05, 0.1) is 18.4 Å². The number of nitrogens with one attached hydrogen (secondary N) is 1. The maximum atomic E-state index is 12.3. The minimum absolute atomic E-state index is 0.224. The summed E-state index contributed by atoms with van der Waals surface area (Å²) in [6.07, 6.45) is 8.02. The van der Waals surface area contributed by atoms with Gasteiger partial charge in [0.15, 0.2) is 0 Å². The normalized spacial score (nSPS) is 16.5. The fourth-order valence-electron chi connectivity index (χ4n) is 2.95. The van der Waals surface area contributed by atoms with Crippen molar-refractivity contribution in [2.24, 2.45) is 0 Å². The molecule has 1 aliphatic rings. The van der Waals surface area contributed by atoms with Gasteiger partial charge in [-0.15, -0.1) is 0 Å². The minimum Gasteiger partial charge on any atom is -0.467 e. The number of nitrogens with zero attached hydrogens (tertiary/aromatic N) is 2. The van der Waals surface area contributed by atoms with Crippen molar-refractivity contribution in [3.05, 3.63) is 48.0 Å². The van der Waals surface area contributed by atoms with Crippen molar-refractivity contribution < 1.29 is 14.3 Å². The van der Waals surface area contributed by atoms with Crippen LogP contribution >= 0.6 is 0 Å². The van der Waals surface area contributed by atoms with Crippen molar-refractivity contribution in [2.45, 2.75) is 31.7 Å². The Balaban J connectivity index is 1.65. The zero-order chi connectivity index (χ0) is 16.8. The number of hydrogen-bond donors (Lipinski definition) is 2. The minimum atomic E-state index is -0.558. The Kier molecular flexibility index (Phi) is 5.48. The number of anilines is 1. The number of aromatic nitrogens is 1. The van der Waals surface area contributed by atoms with Crippen molar-refractivity contribution in [1.29, 1.82) is 0 Å². The van der Waals surface area contributed by atoms with Crippen molar-refractivity contribution in [1.82, 2.24) is 10.3 Å². The van der Waals surface area contributed by atoms with E-state index in [4.69, 9.17) is 4.42 Å². The van der Waals surface area contributed by atoms with Crippen molar-refractivity contribution >= 4 is 11.7 Å². The average Bonchev–Trinajstić information content (AvgIpc) is 3.01. The highest BCUT2D eigenvalue weighted by molar-refractivity contribution is 5.94. The maximum absolute atomic E-state index is 12.3. The number of carbonyl (C=O) groups is 1. The quantitative estimate of drug-likeness (QED) is 0.881. The number of pyridine rings is 1. The Labute approximate surface area is 141 Å². The van der Waals surface area contributed by atoms with Crippen LogP contribution in [0.2, 0.25) is 0 Å². The van der Waals surface area contributed by atoms with Crippen LogP contribution in [0.5, 0.6) is 0 Å². The monoisotopic (exact) mass is 329 g/mol. The molecule has 0 aromatic carbocycles. The first-order valence-electron chi connectivity index (χ1n) is 8.44. The predicted octanol–water partition coefficient (Wildman–Crippen LogP) is 2.52. The maximum Gasteiger partial charge on any atom is 0.253 e. The van der Waals surface area contributed by atoms with Crippen molar-refractivity contribution in [3.63, 3.8) is 0 Å². The molecule has 128 valence electrons. The van der Waals surface area contributed by atoms with Crippen LogP contribution in [0.25, 0.3) is 0 Å². The van der Waals surface area contributed by atoms with Gasteiger partial charge in [0.2, 0.25) is 0 Å². The van der Waals surface area contributed by atoms with E-state index in [0.29, 0.717) is 11.3 Å². The molecule has 1 amide bonds.